The molecule has 1 N–H and O–H groups in total. The largest absolute Gasteiger partial charge is 0.445 e. The molecule has 3 aromatic carbocycles. The Balaban J connectivity index is 1.58. The van der Waals surface area contributed by atoms with E-state index in [1.165, 1.54) is 12.1 Å². The van der Waals surface area contributed by atoms with Gasteiger partial charge in [0.15, 0.2) is 5.58 Å². The van der Waals surface area contributed by atoms with E-state index < -0.39 is 5.63 Å². The summed E-state index contributed by atoms with van der Waals surface area (Å²) in [4.78, 5) is 13.3. The lowest BCUT2D eigenvalue weighted by atomic mass is 9.99. The van der Waals surface area contributed by atoms with E-state index in [-0.39, 0.29) is 5.82 Å². The number of fused-ring (bicyclic) bond motifs is 3. The second kappa shape index (κ2) is 7.59. The van der Waals surface area contributed by atoms with Gasteiger partial charge in [-0.25, -0.2) is 9.18 Å². The van der Waals surface area contributed by atoms with E-state index in [0.717, 1.165) is 27.0 Å². The van der Waals surface area contributed by atoms with E-state index in [9.17, 15) is 9.18 Å². The molecule has 5 rings (SSSR count). The Labute approximate surface area is 177 Å². The molecule has 0 saturated heterocycles. The number of halogens is 2. The Morgan fingerprint density at radius 1 is 1.03 bits per heavy atom. The van der Waals surface area contributed by atoms with Gasteiger partial charge < -0.3 is 9.15 Å². The van der Waals surface area contributed by atoms with E-state index in [4.69, 9.17) is 20.8 Å². The van der Waals surface area contributed by atoms with E-state index in [1.54, 1.807) is 12.1 Å². The monoisotopic (exact) mass is 422 g/mol. The maximum absolute atomic E-state index is 14.2. The average molecular weight is 423 g/mol. The summed E-state index contributed by atoms with van der Waals surface area (Å²) in [6.45, 7) is 1.26. The summed E-state index contributed by atoms with van der Waals surface area (Å²) in [5.74, 6) is 0.343. The van der Waals surface area contributed by atoms with Crippen molar-refractivity contribution in [3.05, 3.63) is 99.1 Å². The standard InChI is InChI=1S/C24H17ClFNO3/c25-20-7-4-8-21(26)18(20)12-27-13-19-22(29-14-27)10-9-16-17(11-23(28)30-24(16)19)15-5-2-1-3-6-15/h1-11H,12-14H2/p+1. The number of quaternary nitrogens is 1. The predicted molar refractivity (Wildman–Crippen MR) is 113 cm³/mol. The minimum Gasteiger partial charge on any atom is -0.445 e. The van der Waals surface area contributed by atoms with Crippen LogP contribution in [0.3, 0.4) is 0 Å². The molecule has 0 amide bonds. The van der Waals surface area contributed by atoms with Gasteiger partial charge in [-0.15, -0.1) is 0 Å². The lowest BCUT2D eigenvalue weighted by molar-refractivity contribution is -0.945. The fraction of sp³-hybridized carbons (Fsp3) is 0.125. The molecule has 0 aliphatic carbocycles. The second-order valence-electron chi connectivity index (χ2n) is 7.36. The highest BCUT2D eigenvalue weighted by atomic mass is 35.5. The fourth-order valence-electron chi connectivity index (χ4n) is 3.97. The van der Waals surface area contributed by atoms with Gasteiger partial charge in [-0.1, -0.05) is 48.0 Å². The van der Waals surface area contributed by atoms with E-state index in [1.807, 2.05) is 42.5 Å². The molecule has 4 nitrogen and oxygen atoms in total. The third-order valence-corrected chi connectivity index (χ3v) is 5.76. The van der Waals surface area contributed by atoms with Gasteiger partial charge in [0.25, 0.3) is 0 Å². The number of benzene rings is 3. The molecule has 30 heavy (non-hydrogen) atoms. The zero-order valence-electron chi connectivity index (χ0n) is 16.0. The van der Waals surface area contributed by atoms with Gasteiger partial charge in [0.1, 0.15) is 24.7 Å². The van der Waals surface area contributed by atoms with Gasteiger partial charge in [-0.3, -0.25) is 4.90 Å². The molecule has 0 spiro atoms. The third kappa shape index (κ3) is 3.36. The predicted octanol–water partition coefficient (Wildman–Crippen LogP) is 4.19. The van der Waals surface area contributed by atoms with Crippen molar-refractivity contribution in [1.29, 1.82) is 0 Å². The topological polar surface area (TPSA) is 43.9 Å². The number of nitrogens with one attached hydrogen (secondary N) is 1. The Morgan fingerprint density at radius 3 is 2.67 bits per heavy atom. The molecule has 0 fully saturated rings. The smallest absolute Gasteiger partial charge is 0.336 e. The number of hydrogen-bond acceptors (Lipinski definition) is 3. The van der Waals surface area contributed by atoms with Crippen LogP contribution in [0.4, 0.5) is 4.39 Å². The molecule has 0 radical (unpaired) electrons. The van der Waals surface area contributed by atoms with Crippen molar-refractivity contribution in [2.45, 2.75) is 13.1 Å². The maximum atomic E-state index is 14.2. The van der Waals surface area contributed by atoms with Crippen molar-refractivity contribution in [3.63, 3.8) is 0 Å². The highest BCUT2D eigenvalue weighted by Crippen LogP contribution is 2.34. The molecule has 0 bridgehead atoms. The van der Waals surface area contributed by atoms with Gasteiger partial charge in [-0.05, 0) is 35.4 Å². The first-order chi connectivity index (χ1) is 14.6. The maximum Gasteiger partial charge on any atom is 0.336 e. The quantitative estimate of drug-likeness (QED) is 0.503. The van der Waals surface area contributed by atoms with Crippen molar-refractivity contribution in [3.8, 4) is 16.9 Å². The summed E-state index contributed by atoms with van der Waals surface area (Å²) in [5, 5.41) is 1.23. The van der Waals surface area contributed by atoms with Gasteiger partial charge in [0, 0.05) is 11.5 Å². The van der Waals surface area contributed by atoms with Crippen molar-refractivity contribution in [2.24, 2.45) is 0 Å². The molecule has 1 aliphatic rings. The SMILES string of the molecule is O=c1cc(-c2ccccc2)c2ccc3c(c2o1)C[NH+](Cc1c(F)cccc1Cl)CO3. The molecular weight excluding hydrogens is 405 g/mol. The number of ether oxygens (including phenoxy) is 1. The Kier molecular flexibility index (Phi) is 4.77. The minimum absolute atomic E-state index is 0.336. The summed E-state index contributed by atoms with van der Waals surface area (Å²) >= 11 is 6.20. The van der Waals surface area contributed by atoms with Gasteiger partial charge in [0.2, 0.25) is 6.73 Å². The molecule has 4 aromatic rings. The lowest BCUT2D eigenvalue weighted by Gasteiger charge is -2.27. The van der Waals surface area contributed by atoms with E-state index >= 15 is 0 Å². The van der Waals surface area contributed by atoms with Crippen LogP contribution in [0.1, 0.15) is 11.1 Å². The van der Waals surface area contributed by atoms with Gasteiger partial charge >= 0.3 is 5.63 Å². The van der Waals surface area contributed by atoms with Crippen LogP contribution in [0.15, 0.2) is 75.9 Å². The lowest BCUT2D eigenvalue weighted by Crippen LogP contribution is -3.11. The van der Waals surface area contributed by atoms with Crippen LogP contribution in [0.25, 0.3) is 22.1 Å². The Bertz CT molecular complexity index is 1280. The second-order valence-corrected chi connectivity index (χ2v) is 7.76. The number of rotatable bonds is 3. The van der Waals surface area contributed by atoms with Crippen LogP contribution in [-0.4, -0.2) is 6.73 Å². The first-order valence-electron chi connectivity index (χ1n) is 9.64. The highest BCUT2D eigenvalue weighted by molar-refractivity contribution is 6.31. The zero-order chi connectivity index (χ0) is 20.7. The van der Waals surface area contributed by atoms with E-state index in [0.29, 0.717) is 41.7 Å². The number of hydrogen-bond donors (Lipinski definition) is 1. The Hall–Kier alpha value is -3.15. The molecule has 0 saturated carbocycles. The van der Waals surface area contributed by atoms with Crippen molar-refractivity contribution >= 4 is 22.6 Å². The van der Waals surface area contributed by atoms with Crippen LogP contribution in [0, 0.1) is 5.82 Å². The summed E-state index contributed by atoms with van der Waals surface area (Å²) < 4.78 is 25.8. The highest BCUT2D eigenvalue weighted by Gasteiger charge is 2.26. The summed E-state index contributed by atoms with van der Waals surface area (Å²) in [6, 6.07) is 19.7. The van der Waals surface area contributed by atoms with Crippen molar-refractivity contribution in [1.82, 2.24) is 0 Å². The van der Waals surface area contributed by atoms with Crippen LogP contribution in [0.5, 0.6) is 5.75 Å². The molecule has 1 atom stereocenters. The summed E-state index contributed by atoms with van der Waals surface area (Å²) in [7, 11) is 0. The zero-order valence-corrected chi connectivity index (χ0v) is 16.7. The summed E-state index contributed by atoms with van der Waals surface area (Å²) in [5.41, 5.74) is 3.10. The summed E-state index contributed by atoms with van der Waals surface area (Å²) in [6.07, 6.45) is 0. The average Bonchev–Trinajstić information content (AvgIpc) is 2.76. The fourth-order valence-corrected chi connectivity index (χ4v) is 4.20. The molecule has 150 valence electrons. The molecule has 1 aromatic heterocycles. The Morgan fingerprint density at radius 2 is 1.87 bits per heavy atom. The van der Waals surface area contributed by atoms with Crippen LogP contribution < -0.4 is 15.3 Å². The van der Waals surface area contributed by atoms with Gasteiger partial charge in [-0.2, -0.15) is 0 Å². The molecular formula is C24H18ClFNO3+. The first kappa shape index (κ1) is 18.9. The van der Waals surface area contributed by atoms with E-state index in [2.05, 4.69) is 0 Å². The van der Waals surface area contributed by atoms with Crippen molar-refractivity contribution in [2.75, 3.05) is 6.73 Å². The minimum atomic E-state index is -0.418. The van der Waals surface area contributed by atoms with Crippen LogP contribution in [0.2, 0.25) is 5.02 Å². The normalized spacial score (nSPS) is 15.6. The molecule has 6 heteroatoms. The molecule has 2 heterocycles. The van der Waals surface area contributed by atoms with Crippen molar-refractivity contribution < 1.29 is 18.4 Å². The molecule has 1 unspecified atom stereocenters. The third-order valence-electron chi connectivity index (χ3n) is 5.40. The van der Waals surface area contributed by atoms with Crippen LogP contribution in [-0.2, 0) is 13.1 Å². The van der Waals surface area contributed by atoms with Gasteiger partial charge in [0.05, 0.1) is 16.1 Å². The first-order valence-corrected chi connectivity index (χ1v) is 10.0. The van der Waals surface area contributed by atoms with Crippen LogP contribution >= 0.6 is 11.6 Å². The molecule has 1 aliphatic heterocycles.